The Labute approximate surface area is 79.0 Å². The normalized spacial score (nSPS) is 41.1. The van der Waals surface area contributed by atoms with Crippen molar-refractivity contribution in [3.8, 4) is 0 Å². The van der Waals surface area contributed by atoms with Gasteiger partial charge in [0.25, 0.3) is 0 Å². The minimum absolute atomic E-state index is 0.0234. The first-order chi connectivity index (χ1) is 6.20. The number of esters is 1. The Morgan fingerprint density at radius 2 is 2.08 bits per heavy atom. The van der Waals surface area contributed by atoms with Crippen molar-refractivity contribution < 1.29 is 9.53 Å². The zero-order valence-corrected chi connectivity index (χ0v) is 8.32. The van der Waals surface area contributed by atoms with Crippen LogP contribution in [-0.4, -0.2) is 30.2 Å². The lowest BCUT2D eigenvalue weighted by Gasteiger charge is -2.44. The van der Waals surface area contributed by atoms with Gasteiger partial charge in [-0.25, -0.2) is 0 Å². The van der Waals surface area contributed by atoms with Crippen molar-refractivity contribution in [2.45, 2.75) is 44.9 Å². The first-order valence-corrected chi connectivity index (χ1v) is 5.12. The average Bonchev–Trinajstić information content (AvgIpc) is 2.15. The van der Waals surface area contributed by atoms with E-state index in [0.717, 1.165) is 12.8 Å². The van der Waals surface area contributed by atoms with Gasteiger partial charge in [-0.05, 0) is 26.8 Å². The molecule has 3 nitrogen and oxygen atoms in total. The van der Waals surface area contributed by atoms with Crippen LogP contribution in [0.15, 0.2) is 0 Å². The molecule has 1 saturated carbocycles. The number of hydrogen-bond donors (Lipinski definition) is 0. The summed E-state index contributed by atoms with van der Waals surface area (Å²) >= 11 is 0. The van der Waals surface area contributed by atoms with E-state index in [4.69, 9.17) is 4.74 Å². The molecule has 0 aromatic rings. The molecule has 0 spiro atoms. The van der Waals surface area contributed by atoms with Gasteiger partial charge in [-0.15, -0.1) is 0 Å². The summed E-state index contributed by atoms with van der Waals surface area (Å²) in [7, 11) is 2.06. The minimum Gasteiger partial charge on any atom is -0.446 e. The third kappa shape index (κ3) is 1.46. The van der Waals surface area contributed by atoms with Crippen LogP contribution in [0.5, 0.6) is 0 Å². The Morgan fingerprint density at radius 1 is 1.38 bits per heavy atom. The Hall–Kier alpha value is -0.570. The van der Waals surface area contributed by atoms with Gasteiger partial charge in [0.1, 0.15) is 0 Å². The molecule has 1 aliphatic carbocycles. The van der Waals surface area contributed by atoms with E-state index in [1.54, 1.807) is 0 Å². The van der Waals surface area contributed by atoms with Crippen LogP contribution in [0, 0.1) is 5.92 Å². The van der Waals surface area contributed by atoms with Gasteiger partial charge in [0, 0.05) is 6.04 Å². The van der Waals surface area contributed by atoms with Crippen molar-refractivity contribution in [1.82, 2.24) is 4.90 Å². The summed E-state index contributed by atoms with van der Waals surface area (Å²) in [6.45, 7) is 1.95. The van der Waals surface area contributed by atoms with Crippen LogP contribution >= 0.6 is 0 Å². The van der Waals surface area contributed by atoms with E-state index in [0.29, 0.717) is 6.04 Å². The Morgan fingerprint density at radius 3 is 2.85 bits per heavy atom. The highest BCUT2D eigenvalue weighted by atomic mass is 16.6. The predicted octanol–water partition coefficient (Wildman–Crippen LogP) is 1.38. The molecule has 2 rings (SSSR count). The maximum absolute atomic E-state index is 11.5. The fourth-order valence-electron chi connectivity index (χ4n) is 2.48. The second-order valence-electron chi connectivity index (χ2n) is 4.16. The van der Waals surface area contributed by atoms with Gasteiger partial charge in [-0.2, -0.15) is 0 Å². The zero-order chi connectivity index (χ0) is 9.42. The molecule has 1 saturated heterocycles. The largest absolute Gasteiger partial charge is 0.446 e. The lowest BCUT2D eigenvalue weighted by Crippen LogP contribution is -2.54. The van der Waals surface area contributed by atoms with Crippen molar-refractivity contribution in [3.63, 3.8) is 0 Å². The SMILES string of the molecule is CC1OC(=O)C2CCCCC2N1C. The van der Waals surface area contributed by atoms with Crippen LogP contribution in [0.25, 0.3) is 0 Å². The van der Waals surface area contributed by atoms with Crippen LogP contribution in [-0.2, 0) is 9.53 Å². The number of carbonyl (C=O) groups excluding carboxylic acids is 1. The number of cyclic esters (lactones) is 1. The van der Waals surface area contributed by atoms with Crippen molar-refractivity contribution in [2.24, 2.45) is 5.92 Å². The molecule has 0 aromatic heterocycles. The van der Waals surface area contributed by atoms with Crippen molar-refractivity contribution in [2.75, 3.05) is 7.05 Å². The van der Waals surface area contributed by atoms with E-state index >= 15 is 0 Å². The summed E-state index contributed by atoms with van der Waals surface area (Å²) in [6, 6.07) is 0.435. The number of ether oxygens (including phenoxy) is 1. The predicted molar refractivity (Wildman–Crippen MR) is 49.1 cm³/mol. The number of carbonyl (C=O) groups is 1. The molecule has 0 bridgehead atoms. The van der Waals surface area contributed by atoms with Gasteiger partial charge >= 0.3 is 5.97 Å². The van der Waals surface area contributed by atoms with Gasteiger partial charge in [-0.1, -0.05) is 12.8 Å². The highest BCUT2D eigenvalue weighted by molar-refractivity contribution is 5.74. The fraction of sp³-hybridized carbons (Fsp3) is 0.900. The first-order valence-electron chi connectivity index (χ1n) is 5.12. The molecule has 1 aliphatic heterocycles. The lowest BCUT2D eigenvalue weighted by molar-refractivity contribution is -0.184. The van der Waals surface area contributed by atoms with Gasteiger partial charge in [0.05, 0.1) is 5.92 Å². The lowest BCUT2D eigenvalue weighted by atomic mass is 9.83. The van der Waals surface area contributed by atoms with E-state index in [9.17, 15) is 4.79 Å². The molecule has 0 aromatic carbocycles. The van der Waals surface area contributed by atoms with Crippen molar-refractivity contribution in [3.05, 3.63) is 0 Å². The van der Waals surface area contributed by atoms with Crippen LogP contribution < -0.4 is 0 Å². The van der Waals surface area contributed by atoms with Crippen molar-refractivity contribution >= 4 is 5.97 Å². The Kier molecular flexibility index (Phi) is 2.28. The molecule has 0 amide bonds. The van der Waals surface area contributed by atoms with Gasteiger partial charge in [0.15, 0.2) is 6.23 Å². The average molecular weight is 183 g/mol. The third-order valence-corrected chi connectivity index (χ3v) is 3.42. The van der Waals surface area contributed by atoms with E-state index < -0.39 is 0 Å². The fourth-order valence-corrected chi connectivity index (χ4v) is 2.48. The monoisotopic (exact) mass is 183 g/mol. The summed E-state index contributed by atoms with van der Waals surface area (Å²) < 4.78 is 5.25. The maximum Gasteiger partial charge on any atom is 0.312 e. The Bertz CT molecular complexity index is 217. The number of fused-ring (bicyclic) bond motifs is 1. The molecule has 74 valence electrons. The summed E-state index contributed by atoms with van der Waals surface area (Å²) in [5, 5.41) is 0. The van der Waals surface area contributed by atoms with Crippen LogP contribution in [0.4, 0.5) is 0 Å². The molecule has 2 fully saturated rings. The molecule has 0 N–H and O–H groups in total. The van der Waals surface area contributed by atoms with Crippen LogP contribution in [0.2, 0.25) is 0 Å². The second-order valence-corrected chi connectivity index (χ2v) is 4.16. The van der Waals surface area contributed by atoms with E-state index in [1.807, 2.05) is 6.92 Å². The van der Waals surface area contributed by atoms with Crippen LogP contribution in [0.1, 0.15) is 32.6 Å². The molecule has 2 aliphatic rings. The molecular formula is C10H17NO2. The molecule has 3 heteroatoms. The smallest absolute Gasteiger partial charge is 0.312 e. The third-order valence-electron chi connectivity index (χ3n) is 3.42. The Balaban J connectivity index is 2.15. The van der Waals surface area contributed by atoms with Crippen molar-refractivity contribution in [1.29, 1.82) is 0 Å². The summed E-state index contributed by atoms with van der Waals surface area (Å²) in [5.74, 6) is 0.172. The number of rotatable bonds is 0. The maximum atomic E-state index is 11.5. The minimum atomic E-state index is -0.0353. The molecule has 3 atom stereocenters. The standard InChI is InChI=1S/C10H17NO2/c1-7-11(2)9-6-4-3-5-8(9)10(12)13-7/h7-9H,3-6H2,1-2H3. The summed E-state index contributed by atoms with van der Waals surface area (Å²) in [6.07, 6.45) is 4.57. The van der Waals surface area contributed by atoms with Gasteiger partial charge in [0.2, 0.25) is 0 Å². The van der Waals surface area contributed by atoms with Crippen LogP contribution in [0.3, 0.4) is 0 Å². The highest BCUT2D eigenvalue weighted by Gasteiger charge is 2.41. The van der Waals surface area contributed by atoms with E-state index in [-0.39, 0.29) is 18.1 Å². The number of nitrogens with zero attached hydrogens (tertiary/aromatic N) is 1. The molecule has 13 heavy (non-hydrogen) atoms. The second kappa shape index (κ2) is 3.29. The molecule has 3 unspecified atom stereocenters. The van der Waals surface area contributed by atoms with E-state index in [1.165, 1.54) is 12.8 Å². The topological polar surface area (TPSA) is 29.5 Å². The zero-order valence-electron chi connectivity index (χ0n) is 8.32. The molecular weight excluding hydrogens is 166 g/mol. The van der Waals surface area contributed by atoms with E-state index in [2.05, 4.69) is 11.9 Å². The summed E-state index contributed by atoms with van der Waals surface area (Å²) in [4.78, 5) is 13.7. The quantitative estimate of drug-likeness (QED) is 0.531. The van der Waals surface area contributed by atoms with Gasteiger partial charge in [-0.3, -0.25) is 9.69 Å². The number of hydrogen-bond acceptors (Lipinski definition) is 3. The molecule has 0 radical (unpaired) electrons. The molecule has 1 heterocycles. The summed E-state index contributed by atoms with van der Waals surface area (Å²) in [5.41, 5.74) is 0. The first kappa shape index (κ1) is 9.00. The van der Waals surface area contributed by atoms with Gasteiger partial charge < -0.3 is 4.74 Å². The highest BCUT2D eigenvalue weighted by Crippen LogP contribution is 2.33.